The first kappa shape index (κ1) is 8.87. The number of nitrogens with zero attached hydrogens (tertiary/aromatic N) is 1. The van der Waals surface area contributed by atoms with E-state index in [1.807, 2.05) is 6.07 Å². The summed E-state index contributed by atoms with van der Waals surface area (Å²) in [5.74, 6) is 0. The second kappa shape index (κ2) is 4.62. The van der Waals surface area contributed by atoms with E-state index >= 15 is 0 Å². The van der Waals surface area contributed by atoms with Crippen molar-refractivity contribution in [1.82, 2.24) is 4.98 Å². The maximum atomic E-state index is 10.0. The molecule has 3 nitrogen and oxygen atoms in total. The highest BCUT2D eigenvalue weighted by Gasteiger charge is 2.06. The van der Waals surface area contributed by atoms with Gasteiger partial charge < -0.3 is 9.90 Å². The zero-order valence-electron chi connectivity index (χ0n) is 6.68. The van der Waals surface area contributed by atoms with Gasteiger partial charge in [-0.25, -0.2) is 0 Å². The van der Waals surface area contributed by atoms with Gasteiger partial charge in [0, 0.05) is 12.6 Å². The van der Waals surface area contributed by atoms with Gasteiger partial charge in [0.25, 0.3) is 0 Å². The number of aromatic nitrogens is 1. The molecule has 0 saturated carbocycles. The molecule has 1 aromatic heterocycles. The molecule has 12 heavy (non-hydrogen) atoms. The third-order valence-electron chi connectivity index (χ3n) is 1.59. The van der Waals surface area contributed by atoms with E-state index in [0.717, 1.165) is 6.29 Å². The fourth-order valence-corrected chi connectivity index (χ4v) is 0.947. The summed E-state index contributed by atoms with van der Waals surface area (Å²) in [6, 6.07) is 5.35. The summed E-state index contributed by atoms with van der Waals surface area (Å²) in [6.07, 6.45) is 2.63. The smallest absolute Gasteiger partial charge is 0.120 e. The van der Waals surface area contributed by atoms with Crippen molar-refractivity contribution in [1.29, 1.82) is 0 Å². The highest BCUT2D eigenvalue weighted by molar-refractivity contribution is 5.49. The van der Waals surface area contributed by atoms with Gasteiger partial charge in [0.15, 0.2) is 0 Å². The minimum absolute atomic E-state index is 0.373. The minimum atomic E-state index is -0.614. The van der Waals surface area contributed by atoms with Crippen molar-refractivity contribution in [2.24, 2.45) is 0 Å². The summed E-state index contributed by atoms with van der Waals surface area (Å²) in [5, 5.41) is 9.43. The summed E-state index contributed by atoms with van der Waals surface area (Å²) >= 11 is 0. The highest BCUT2D eigenvalue weighted by Crippen LogP contribution is 2.13. The molecule has 0 fully saturated rings. The highest BCUT2D eigenvalue weighted by atomic mass is 16.3. The van der Waals surface area contributed by atoms with Crippen LogP contribution in [0.1, 0.15) is 24.6 Å². The van der Waals surface area contributed by atoms with Crippen LogP contribution in [-0.2, 0) is 4.79 Å². The van der Waals surface area contributed by atoms with Crippen molar-refractivity contribution in [2.75, 3.05) is 0 Å². The number of hydrogen-bond acceptors (Lipinski definition) is 3. The summed E-state index contributed by atoms with van der Waals surface area (Å²) in [5.41, 5.74) is 0.624. The van der Waals surface area contributed by atoms with Gasteiger partial charge in [0.2, 0.25) is 0 Å². The summed E-state index contributed by atoms with van der Waals surface area (Å²) < 4.78 is 0. The molecule has 0 aliphatic heterocycles. The van der Waals surface area contributed by atoms with E-state index in [2.05, 4.69) is 4.98 Å². The van der Waals surface area contributed by atoms with Crippen molar-refractivity contribution >= 4 is 6.29 Å². The average molecular weight is 165 g/mol. The minimum Gasteiger partial charge on any atom is -0.387 e. The number of rotatable bonds is 4. The van der Waals surface area contributed by atoms with Crippen LogP contribution in [0.3, 0.4) is 0 Å². The number of aldehydes is 1. The van der Waals surface area contributed by atoms with Crippen LogP contribution in [0.15, 0.2) is 24.4 Å². The topological polar surface area (TPSA) is 50.2 Å². The van der Waals surface area contributed by atoms with Gasteiger partial charge in [-0.1, -0.05) is 6.07 Å². The Labute approximate surface area is 71.1 Å². The van der Waals surface area contributed by atoms with Gasteiger partial charge >= 0.3 is 0 Å². The molecule has 1 aromatic rings. The molecule has 0 spiro atoms. The lowest BCUT2D eigenvalue weighted by molar-refractivity contribution is -0.108. The Hall–Kier alpha value is -1.22. The lowest BCUT2D eigenvalue weighted by Crippen LogP contribution is -1.99. The predicted molar refractivity (Wildman–Crippen MR) is 44.5 cm³/mol. The molecular formula is C9H11NO2. The molecule has 1 unspecified atom stereocenters. The fraction of sp³-hybridized carbons (Fsp3) is 0.333. The Morgan fingerprint density at radius 3 is 3.00 bits per heavy atom. The zero-order valence-corrected chi connectivity index (χ0v) is 6.68. The number of pyridine rings is 1. The van der Waals surface area contributed by atoms with Gasteiger partial charge in [0.1, 0.15) is 6.29 Å². The summed E-state index contributed by atoms with van der Waals surface area (Å²) in [4.78, 5) is 14.0. The fourth-order valence-electron chi connectivity index (χ4n) is 0.947. The molecular weight excluding hydrogens is 154 g/mol. The second-order valence-electron chi connectivity index (χ2n) is 2.51. The lowest BCUT2D eigenvalue weighted by atomic mass is 10.1. The molecule has 0 bridgehead atoms. The Kier molecular flexibility index (Phi) is 3.41. The van der Waals surface area contributed by atoms with Crippen LogP contribution in [0.25, 0.3) is 0 Å². The number of carbonyl (C=O) groups is 1. The van der Waals surface area contributed by atoms with Crippen LogP contribution in [-0.4, -0.2) is 16.4 Å². The van der Waals surface area contributed by atoms with Crippen LogP contribution in [0.5, 0.6) is 0 Å². The lowest BCUT2D eigenvalue weighted by Gasteiger charge is -2.06. The molecule has 3 heteroatoms. The largest absolute Gasteiger partial charge is 0.387 e. The van der Waals surface area contributed by atoms with Gasteiger partial charge in [-0.05, 0) is 18.6 Å². The first-order valence-corrected chi connectivity index (χ1v) is 3.87. The Morgan fingerprint density at radius 1 is 1.58 bits per heavy atom. The van der Waals surface area contributed by atoms with Crippen molar-refractivity contribution in [3.05, 3.63) is 30.1 Å². The molecule has 1 atom stereocenters. The standard InChI is InChI=1S/C9H11NO2/c11-7-3-5-9(12)8-4-1-2-6-10-8/h1-2,4,6-7,9,12H,3,5H2. The van der Waals surface area contributed by atoms with E-state index in [0.29, 0.717) is 18.5 Å². The maximum absolute atomic E-state index is 10.0. The molecule has 64 valence electrons. The zero-order chi connectivity index (χ0) is 8.81. The van der Waals surface area contributed by atoms with Crippen LogP contribution in [0.2, 0.25) is 0 Å². The SMILES string of the molecule is O=CCCC(O)c1ccccn1. The first-order valence-electron chi connectivity index (χ1n) is 3.87. The molecule has 0 aliphatic carbocycles. The molecule has 0 radical (unpaired) electrons. The van der Waals surface area contributed by atoms with Crippen LogP contribution in [0, 0.1) is 0 Å². The van der Waals surface area contributed by atoms with E-state index in [4.69, 9.17) is 0 Å². The van der Waals surface area contributed by atoms with Crippen LogP contribution in [0.4, 0.5) is 0 Å². The number of carbonyl (C=O) groups excluding carboxylic acids is 1. The number of aliphatic hydroxyl groups is 1. The Balaban J connectivity index is 2.53. The Bertz CT molecular complexity index is 236. The van der Waals surface area contributed by atoms with Crippen molar-refractivity contribution in [3.63, 3.8) is 0 Å². The van der Waals surface area contributed by atoms with Gasteiger partial charge in [-0.15, -0.1) is 0 Å². The molecule has 0 aliphatic rings. The van der Waals surface area contributed by atoms with E-state index in [1.54, 1.807) is 18.3 Å². The molecule has 0 saturated heterocycles. The molecule has 0 amide bonds. The van der Waals surface area contributed by atoms with Crippen molar-refractivity contribution < 1.29 is 9.90 Å². The average Bonchev–Trinajstić information content (AvgIpc) is 2.15. The normalized spacial score (nSPS) is 12.4. The molecule has 1 rings (SSSR count). The third kappa shape index (κ3) is 2.43. The van der Waals surface area contributed by atoms with Crippen LogP contribution < -0.4 is 0 Å². The van der Waals surface area contributed by atoms with Crippen molar-refractivity contribution in [2.45, 2.75) is 18.9 Å². The van der Waals surface area contributed by atoms with E-state index in [1.165, 1.54) is 0 Å². The van der Waals surface area contributed by atoms with E-state index in [-0.39, 0.29) is 0 Å². The summed E-state index contributed by atoms with van der Waals surface area (Å²) in [7, 11) is 0. The predicted octanol–water partition coefficient (Wildman–Crippen LogP) is 1.09. The monoisotopic (exact) mass is 165 g/mol. The van der Waals surface area contributed by atoms with Crippen molar-refractivity contribution in [3.8, 4) is 0 Å². The number of aliphatic hydroxyl groups excluding tert-OH is 1. The molecule has 1 heterocycles. The molecule has 1 N–H and O–H groups in total. The number of hydrogen-bond donors (Lipinski definition) is 1. The van der Waals surface area contributed by atoms with Gasteiger partial charge in [-0.3, -0.25) is 4.98 Å². The quantitative estimate of drug-likeness (QED) is 0.679. The van der Waals surface area contributed by atoms with Gasteiger partial charge in [0.05, 0.1) is 11.8 Å². The third-order valence-corrected chi connectivity index (χ3v) is 1.59. The maximum Gasteiger partial charge on any atom is 0.120 e. The first-order chi connectivity index (χ1) is 5.84. The summed E-state index contributed by atoms with van der Waals surface area (Å²) in [6.45, 7) is 0. The Morgan fingerprint density at radius 2 is 2.42 bits per heavy atom. The van der Waals surface area contributed by atoms with E-state index in [9.17, 15) is 9.90 Å². The second-order valence-corrected chi connectivity index (χ2v) is 2.51. The van der Waals surface area contributed by atoms with Crippen LogP contribution >= 0.6 is 0 Å². The van der Waals surface area contributed by atoms with Gasteiger partial charge in [-0.2, -0.15) is 0 Å². The van der Waals surface area contributed by atoms with E-state index < -0.39 is 6.10 Å². The molecule has 0 aromatic carbocycles.